The monoisotopic (exact) mass is 295 g/mol. The van der Waals surface area contributed by atoms with Crippen LogP contribution in [0.15, 0.2) is 24.3 Å². The zero-order chi connectivity index (χ0) is 15.7. The van der Waals surface area contributed by atoms with Crippen molar-refractivity contribution in [1.82, 2.24) is 5.32 Å². The lowest BCUT2D eigenvalue weighted by atomic mass is 10.1. The van der Waals surface area contributed by atoms with Gasteiger partial charge < -0.3 is 19.9 Å². The van der Waals surface area contributed by atoms with Gasteiger partial charge in [0, 0.05) is 6.04 Å². The van der Waals surface area contributed by atoms with Gasteiger partial charge in [-0.3, -0.25) is 9.59 Å². The molecule has 0 aliphatic carbocycles. The SMILES string of the molecule is CCOc1ccc(OCC(=O)NC(CC)CC(=O)O)cc1. The number of carbonyl (C=O) groups is 2. The molecule has 1 atom stereocenters. The molecule has 116 valence electrons. The first-order valence-electron chi connectivity index (χ1n) is 6.92. The standard InChI is InChI=1S/C15H21NO5/c1-3-11(9-15(18)19)16-14(17)10-21-13-7-5-12(6-8-13)20-4-2/h5-8,11H,3-4,9-10H2,1-2H3,(H,16,17)(H,18,19). The lowest BCUT2D eigenvalue weighted by Crippen LogP contribution is -2.38. The van der Waals surface area contributed by atoms with Gasteiger partial charge in [0.1, 0.15) is 11.5 Å². The van der Waals surface area contributed by atoms with E-state index in [1.54, 1.807) is 24.3 Å². The van der Waals surface area contributed by atoms with Crippen LogP contribution in [0.4, 0.5) is 0 Å². The maximum Gasteiger partial charge on any atom is 0.305 e. The molecule has 6 nitrogen and oxygen atoms in total. The van der Waals surface area contributed by atoms with Crippen molar-refractivity contribution in [1.29, 1.82) is 0 Å². The van der Waals surface area contributed by atoms with Gasteiger partial charge in [-0.05, 0) is 37.6 Å². The molecular weight excluding hydrogens is 274 g/mol. The summed E-state index contributed by atoms with van der Waals surface area (Å²) in [7, 11) is 0. The Morgan fingerprint density at radius 1 is 1.14 bits per heavy atom. The van der Waals surface area contributed by atoms with Crippen LogP contribution in [0.2, 0.25) is 0 Å². The van der Waals surface area contributed by atoms with Crippen LogP contribution < -0.4 is 14.8 Å². The number of hydrogen-bond acceptors (Lipinski definition) is 4. The van der Waals surface area contributed by atoms with Crippen molar-refractivity contribution in [3.05, 3.63) is 24.3 Å². The van der Waals surface area contributed by atoms with Crippen LogP contribution in [-0.2, 0) is 9.59 Å². The average Bonchev–Trinajstić information content (AvgIpc) is 2.45. The van der Waals surface area contributed by atoms with Crippen LogP contribution in [0.25, 0.3) is 0 Å². The topological polar surface area (TPSA) is 84.9 Å². The molecule has 0 aliphatic heterocycles. The molecule has 1 unspecified atom stereocenters. The Morgan fingerprint density at radius 3 is 2.19 bits per heavy atom. The predicted molar refractivity (Wildman–Crippen MR) is 77.6 cm³/mol. The van der Waals surface area contributed by atoms with Crippen molar-refractivity contribution in [2.45, 2.75) is 32.7 Å². The first kappa shape index (κ1) is 16.8. The lowest BCUT2D eigenvalue weighted by molar-refractivity contribution is -0.137. The molecule has 1 amide bonds. The Bertz CT molecular complexity index is 458. The summed E-state index contributed by atoms with van der Waals surface area (Å²) in [4.78, 5) is 22.3. The van der Waals surface area contributed by atoms with Gasteiger partial charge in [0.15, 0.2) is 6.61 Å². The number of amides is 1. The normalized spacial score (nSPS) is 11.5. The van der Waals surface area contributed by atoms with Gasteiger partial charge in [0.2, 0.25) is 0 Å². The van der Waals surface area contributed by atoms with E-state index in [9.17, 15) is 9.59 Å². The fourth-order valence-corrected chi connectivity index (χ4v) is 1.73. The summed E-state index contributed by atoms with van der Waals surface area (Å²) < 4.78 is 10.6. The number of benzene rings is 1. The summed E-state index contributed by atoms with van der Waals surface area (Å²) in [5.41, 5.74) is 0. The van der Waals surface area contributed by atoms with E-state index in [0.717, 1.165) is 5.75 Å². The molecule has 0 fully saturated rings. The van der Waals surface area contributed by atoms with Crippen molar-refractivity contribution >= 4 is 11.9 Å². The molecule has 0 saturated carbocycles. The number of nitrogens with one attached hydrogen (secondary N) is 1. The molecule has 1 aromatic rings. The Morgan fingerprint density at radius 2 is 1.71 bits per heavy atom. The number of rotatable bonds is 9. The maximum atomic E-state index is 11.7. The van der Waals surface area contributed by atoms with E-state index in [-0.39, 0.29) is 25.0 Å². The number of carbonyl (C=O) groups excluding carboxylic acids is 1. The van der Waals surface area contributed by atoms with Crippen LogP contribution in [0.3, 0.4) is 0 Å². The summed E-state index contributed by atoms with van der Waals surface area (Å²) >= 11 is 0. The van der Waals surface area contributed by atoms with E-state index >= 15 is 0 Å². The molecule has 6 heteroatoms. The Labute approximate surface area is 124 Å². The fraction of sp³-hybridized carbons (Fsp3) is 0.467. The average molecular weight is 295 g/mol. The van der Waals surface area contributed by atoms with E-state index in [4.69, 9.17) is 14.6 Å². The third kappa shape index (κ3) is 6.65. The fourth-order valence-electron chi connectivity index (χ4n) is 1.73. The maximum absolute atomic E-state index is 11.7. The van der Waals surface area contributed by atoms with Crippen molar-refractivity contribution in [2.24, 2.45) is 0 Å². The minimum absolute atomic E-state index is 0.0920. The highest BCUT2D eigenvalue weighted by molar-refractivity contribution is 5.78. The molecule has 0 aliphatic rings. The molecule has 0 radical (unpaired) electrons. The van der Waals surface area contributed by atoms with E-state index in [1.165, 1.54) is 0 Å². The molecule has 2 N–H and O–H groups in total. The first-order chi connectivity index (χ1) is 10.0. The Hall–Kier alpha value is -2.24. The highest BCUT2D eigenvalue weighted by Gasteiger charge is 2.14. The second-order valence-electron chi connectivity index (χ2n) is 4.46. The van der Waals surface area contributed by atoms with Crippen LogP contribution >= 0.6 is 0 Å². The van der Waals surface area contributed by atoms with Gasteiger partial charge in [0.05, 0.1) is 13.0 Å². The third-order valence-corrected chi connectivity index (χ3v) is 2.78. The number of carboxylic acid groups (broad SMARTS) is 1. The molecule has 0 aromatic heterocycles. The summed E-state index contributed by atoms with van der Waals surface area (Å²) in [6.45, 7) is 4.16. The third-order valence-electron chi connectivity index (χ3n) is 2.78. The predicted octanol–water partition coefficient (Wildman–Crippen LogP) is 1.83. The smallest absolute Gasteiger partial charge is 0.305 e. The minimum Gasteiger partial charge on any atom is -0.494 e. The quantitative estimate of drug-likeness (QED) is 0.726. The highest BCUT2D eigenvalue weighted by Crippen LogP contribution is 2.17. The van der Waals surface area contributed by atoms with E-state index < -0.39 is 5.97 Å². The van der Waals surface area contributed by atoms with E-state index in [1.807, 2.05) is 13.8 Å². The van der Waals surface area contributed by atoms with Gasteiger partial charge >= 0.3 is 5.97 Å². The van der Waals surface area contributed by atoms with Crippen molar-refractivity contribution < 1.29 is 24.2 Å². The number of aliphatic carboxylic acids is 1. The minimum atomic E-state index is -0.936. The Balaban J connectivity index is 2.39. The van der Waals surface area contributed by atoms with Gasteiger partial charge in [-0.2, -0.15) is 0 Å². The second kappa shape index (κ2) is 8.84. The van der Waals surface area contributed by atoms with Gasteiger partial charge in [-0.1, -0.05) is 6.92 Å². The first-order valence-corrected chi connectivity index (χ1v) is 6.92. The molecular formula is C15H21NO5. The molecule has 0 saturated heterocycles. The van der Waals surface area contributed by atoms with Crippen LogP contribution in [0.1, 0.15) is 26.7 Å². The van der Waals surface area contributed by atoms with Crippen LogP contribution in [0, 0.1) is 0 Å². The number of ether oxygens (including phenoxy) is 2. The summed E-state index contributed by atoms with van der Waals surface area (Å²) in [5.74, 6) is 0.0215. The molecule has 1 aromatic carbocycles. The number of carboxylic acids is 1. The largest absolute Gasteiger partial charge is 0.494 e. The summed E-state index contributed by atoms with van der Waals surface area (Å²) in [5, 5.41) is 11.3. The molecule has 21 heavy (non-hydrogen) atoms. The van der Waals surface area contributed by atoms with Gasteiger partial charge in [-0.25, -0.2) is 0 Å². The molecule has 0 heterocycles. The summed E-state index contributed by atoms with van der Waals surface area (Å²) in [6, 6.07) is 6.57. The number of hydrogen-bond donors (Lipinski definition) is 2. The van der Waals surface area contributed by atoms with Crippen molar-refractivity contribution in [2.75, 3.05) is 13.2 Å². The van der Waals surface area contributed by atoms with E-state index in [0.29, 0.717) is 18.8 Å². The van der Waals surface area contributed by atoms with E-state index in [2.05, 4.69) is 5.32 Å². The van der Waals surface area contributed by atoms with Crippen LogP contribution in [0.5, 0.6) is 11.5 Å². The summed E-state index contributed by atoms with van der Waals surface area (Å²) in [6.07, 6.45) is 0.465. The zero-order valence-corrected chi connectivity index (χ0v) is 12.3. The van der Waals surface area contributed by atoms with Gasteiger partial charge in [-0.15, -0.1) is 0 Å². The van der Waals surface area contributed by atoms with Crippen molar-refractivity contribution in [3.8, 4) is 11.5 Å². The molecule has 1 rings (SSSR count). The van der Waals surface area contributed by atoms with Gasteiger partial charge in [0.25, 0.3) is 5.91 Å². The molecule has 0 spiro atoms. The second-order valence-corrected chi connectivity index (χ2v) is 4.46. The highest BCUT2D eigenvalue weighted by atomic mass is 16.5. The van der Waals surface area contributed by atoms with Crippen molar-refractivity contribution in [3.63, 3.8) is 0 Å². The Kier molecular flexibility index (Phi) is 7.08. The molecule has 0 bridgehead atoms. The zero-order valence-electron chi connectivity index (χ0n) is 12.3. The lowest BCUT2D eigenvalue weighted by Gasteiger charge is -2.15. The van der Waals surface area contributed by atoms with Crippen LogP contribution in [-0.4, -0.2) is 36.2 Å².